The first-order chi connectivity index (χ1) is 15.5. The highest BCUT2D eigenvalue weighted by molar-refractivity contribution is 8.00. The van der Waals surface area contributed by atoms with Crippen LogP contribution in [-0.2, 0) is 17.1 Å². The van der Waals surface area contributed by atoms with Gasteiger partial charge in [0.2, 0.25) is 5.91 Å². The Kier molecular flexibility index (Phi) is 8.64. The van der Waals surface area contributed by atoms with Gasteiger partial charge in [-0.2, -0.15) is 0 Å². The number of carbonyl (C=O) groups is 1. The first-order valence-corrected chi connectivity index (χ1v) is 11.8. The molecule has 0 fully saturated rings. The van der Waals surface area contributed by atoms with Crippen molar-refractivity contribution in [3.05, 3.63) is 67.0 Å². The Morgan fingerprint density at radius 2 is 1.91 bits per heavy atom. The molecule has 0 saturated carbocycles. The van der Waals surface area contributed by atoms with Gasteiger partial charge in [-0.25, -0.2) is 0 Å². The van der Waals surface area contributed by atoms with Crippen molar-refractivity contribution in [1.29, 1.82) is 0 Å². The number of carbonyl (C=O) groups excluding carboxylic acids is 1. The summed E-state index contributed by atoms with van der Waals surface area (Å²) in [6, 6.07) is 15.4. The van der Waals surface area contributed by atoms with Crippen LogP contribution in [0.25, 0.3) is 0 Å². The third-order valence-electron chi connectivity index (χ3n) is 4.52. The Morgan fingerprint density at radius 1 is 1.16 bits per heavy atom. The lowest BCUT2D eigenvalue weighted by molar-refractivity contribution is -0.115. The number of benzene rings is 2. The zero-order valence-electron chi connectivity index (χ0n) is 18.3. The van der Waals surface area contributed by atoms with Crippen LogP contribution in [0.15, 0.2) is 71.2 Å². The van der Waals surface area contributed by atoms with Crippen LogP contribution in [0.2, 0.25) is 0 Å². The van der Waals surface area contributed by atoms with E-state index in [0.717, 1.165) is 10.7 Å². The second kappa shape index (κ2) is 11.6. The van der Waals surface area contributed by atoms with Crippen LogP contribution >= 0.6 is 23.5 Å². The number of methoxy groups -OCH3 is 2. The van der Waals surface area contributed by atoms with Crippen LogP contribution in [-0.4, -0.2) is 40.1 Å². The minimum absolute atomic E-state index is 0.143. The van der Waals surface area contributed by atoms with Crippen molar-refractivity contribution >= 4 is 35.1 Å². The van der Waals surface area contributed by atoms with E-state index in [9.17, 15) is 4.79 Å². The molecule has 0 spiro atoms. The van der Waals surface area contributed by atoms with E-state index >= 15 is 0 Å². The Labute approximate surface area is 196 Å². The van der Waals surface area contributed by atoms with E-state index in [1.165, 1.54) is 11.8 Å². The average molecular weight is 471 g/mol. The molecule has 168 valence electrons. The van der Waals surface area contributed by atoms with Crippen LogP contribution < -0.4 is 14.8 Å². The number of nitrogens with one attached hydrogen (secondary N) is 1. The van der Waals surface area contributed by atoms with Crippen molar-refractivity contribution in [2.75, 3.05) is 19.5 Å². The Morgan fingerprint density at radius 3 is 2.59 bits per heavy atom. The summed E-state index contributed by atoms with van der Waals surface area (Å²) in [5, 5.41) is 11.9. The predicted octanol–water partition coefficient (Wildman–Crippen LogP) is 4.89. The molecule has 0 saturated heterocycles. The monoisotopic (exact) mass is 470 g/mol. The zero-order valence-corrected chi connectivity index (χ0v) is 19.9. The maximum atomic E-state index is 12.8. The highest BCUT2D eigenvalue weighted by Crippen LogP contribution is 2.31. The van der Waals surface area contributed by atoms with Crippen molar-refractivity contribution in [2.45, 2.75) is 34.5 Å². The summed E-state index contributed by atoms with van der Waals surface area (Å²) >= 11 is 3.05. The molecule has 1 unspecified atom stereocenters. The molecule has 2 aromatic carbocycles. The molecule has 3 rings (SSSR count). The van der Waals surface area contributed by atoms with Crippen LogP contribution in [0.1, 0.15) is 12.7 Å². The highest BCUT2D eigenvalue weighted by atomic mass is 32.2. The average Bonchev–Trinajstić information content (AvgIpc) is 3.19. The number of nitrogens with zero attached hydrogens (tertiary/aromatic N) is 3. The quantitative estimate of drug-likeness (QED) is 0.316. The molecule has 7 nitrogen and oxygen atoms in total. The second-order valence-corrected chi connectivity index (χ2v) is 9.08. The number of anilines is 1. The zero-order chi connectivity index (χ0) is 22.9. The molecule has 1 heterocycles. The van der Waals surface area contributed by atoms with Crippen molar-refractivity contribution in [3.63, 3.8) is 0 Å². The van der Waals surface area contributed by atoms with Crippen molar-refractivity contribution < 1.29 is 14.3 Å². The van der Waals surface area contributed by atoms with Gasteiger partial charge in [0.25, 0.3) is 0 Å². The fraction of sp³-hybridized carbons (Fsp3) is 0.261. The smallest absolute Gasteiger partial charge is 0.237 e. The molecule has 0 aliphatic heterocycles. The molecule has 3 aromatic rings. The van der Waals surface area contributed by atoms with Crippen molar-refractivity contribution in [3.8, 4) is 11.5 Å². The SMILES string of the molecule is C=CCn1c(CSc2ccccc2)nnc1SC(C)C(=O)Nc1ccc(OC)c(OC)c1. The molecule has 0 aliphatic rings. The first-order valence-electron chi connectivity index (χ1n) is 9.96. The van der Waals surface area contributed by atoms with E-state index in [0.29, 0.717) is 34.6 Å². The van der Waals surface area contributed by atoms with Gasteiger partial charge in [-0.3, -0.25) is 4.79 Å². The molecule has 1 N–H and O–H groups in total. The van der Waals surface area contributed by atoms with Gasteiger partial charge in [-0.15, -0.1) is 28.5 Å². The fourth-order valence-corrected chi connectivity index (χ4v) is 4.60. The van der Waals surface area contributed by atoms with Crippen LogP contribution in [0.3, 0.4) is 0 Å². The molecule has 1 atom stereocenters. The lowest BCUT2D eigenvalue weighted by atomic mass is 10.2. The number of rotatable bonds is 11. The molecule has 32 heavy (non-hydrogen) atoms. The van der Waals surface area contributed by atoms with E-state index < -0.39 is 0 Å². The first kappa shape index (κ1) is 23.7. The number of aromatic nitrogens is 3. The summed E-state index contributed by atoms with van der Waals surface area (Å²) < 4.78 is 12.5. The lowest BCUT2D eigenvalue weighted by Crippen LogP contribution is -2.23. The predicted molar refractivity (Wildman–Crippen MR) is 130 cm³/mol. The second-order valence-electron chi connectivity index (χ2n) is 6.72. The van der Waals surface area contributed by atoms with Gasteiger partial charge in [0.1, 0.15) is 5.82 Å². The number of allylic oxidation sites excluding steroid dienone is 1. The summed E-state index contributed by atoms with van der Waals surface area (Å²) in [6.45, 7) is 6.26. The topological polar surface area (TPSA) is 78.3 Å². The number of ether oxygens (including phenoxy) is 2. The standard InChI is InChI=1S/C23H26N4O3S2/c1-5-13-27-21(15-31-18-9-7-6-8-10-18)25-26-23(27)32-16(2)22(28)24-17-11-12-19(29-3)20(14-17)30-4/h5-12,14,16H,1,13,15H2,2-4H3,(H,24,28). The van der Waals surface area contributed by atoms with Crippen LogP contribution in [0.4, 0.5) is 5.69 Å². The summed E-state index contributed by atoms with van der Waals surface area (Å²) in [5.74, 6) is 2.53. The van der Waals surface area contributed by atoms with Crippen LogP contribution in [0, 0.1) is 0 Å². The fourth-order valence-electron chi connectivity index (χ4n) is 2.86. The van der Waals surface area contributed by atoms with Crippen molar-refractivity contribution in [2.24, 2.45) is 0 Å². The molecule has 0 radical (unpaired) electrons. The van der Waals surface area contributed by atoms with Gasteiger partial charge in [-0.1, -0.05) is 36.0 Å². The van der Waals surface area contributed by atoms with Gasteiger partial charge >= 0.3 is 0 Å². The molecule has 1 aromatic heterocycles. The normalized spacial score (nSPS) is 11.6. The Hall–Kier alpha value is -2.91. The van der Waals surface area contributed by atoms with Gasteiger partial charge in [0, 0.05) is 23.2 Å². The van der Waals surface area contributed by atoms with E-state index in [1.54, 1.807) is 50.3 Å². The van der Waals surface area contributed by atoms with Gasteiger partial charge in [-0.05, 0) is 31.2 Å². The maximum absolute atomic E-state index is 12.8. The molecule has 1 amide bonds. The largest absolute Gasteiger partial charge is 0.493 e. The van der Waals surface area contributed by atoms with Crippen molar-refractivity contribution in [1.82, 2.24) is 14.8 Å². The summed E-state index contributed by atoms with van der Waals surface area (Å²) in [7, 11) is 3.13. The van der Waals surface area contributed by atoms with Gasteiger partial charge in [0.15, 0.2) is 16.7 Å². The Bertz CT molecular complexity index is 1060. The highest BCUT2D eigenvalue weighted by Gasteiger charge is 2.20. The van der Waals surface area contributed by atoms with Gasteiger partial charge < -0.3 is 19.4 Å². The molecule has 9 heteroatoms. The van der Waals surface area contributed by atoms with E-state index in [1.807, 2.05) is 29.7 Å². The Balaban J connectivity index is 1.67. The third-order valence-corrected chi connectivity index (χ3v) is 6.61. The van der Waals surface area contributed by atoms with E-state index in [-0.39, 0.29) is 11.2 Å². The maximum Gasteiger partial charge on any atom is 0.237 e. The summed E-state index contributed by atoms with van der Waals surface area (Å²) in [4.78, 5) is 13.9. The third kappa shape index (κ3) is 6.08. The summed E-state index contributed by atoms with van der Waals surface area (Å²) in [6.07, 6.45) is 1.80. The number of amides is 1. The molecular formula is C23H26N4O3S2. The number of hydrogen-bond donors (Lipinski definition) is 1. The number of thioether (sulfide) groups is 2. The molecule has 0 aliphatic carbocycles. The lowest BCUT2D eigenvalue weighted by Gasteiger charge is -2.14. The van der Waals surface area contributed by atoms with Crippen LogP contribution in [0.5, 0.6) is 11.5 Å². The molecule has 0 bridgehead atoms. The summed E-state index contributed by atoms with van der Waals surface area (Å²) in [5.41, 5.74) is 0.632. The number of hydrogen-bond acceptors (Lipinski definition) is 7. The molecular weight excluding hydrogens is 444 g/mol. The van der Waals surface area contributed by atoms with E-state index in [4.69, 9.17) is 9.47 Å². The minimum Gasteiger partial charge on any atom is -0.493 e. The van der Waals surface area contributed by atoms with E-state index in [2.05, 4.69) is 34.2 Å². The minimum atomic E-state index is -0.384. The van der Waals surface area contributed by atoms with Gasteiger partial charge in [0.05, 0.1) is 25.2 Å².